The van der Waals surface area contributed by atoms with E-state index in [1.165, 1.54) is 4.90 Å². The van der Waals surface area contributed by atoms with Crippen molar-refractivity contribution in [3.63, 3.8) is 0 Å². The molecule has 2 aliphatic heterocycles. The van der Waals surface area contributed by atoms with Gasteiger partial charge in [0, 0.05) is 19.0 Å². The predicted molar refractivity (Wildman–Crippen MR) is 171 cm³/mol. The standard InChI is InChI=1S/C32H47N5O8S/c1-31(2,3)45-30(41)34-25-15-9-7-5-6-8-13-23-21-32(23,35-27(38)26-16-11-19-37(26)28(25)39)29(40)36-46(42,43)33-18-17-22-12-10-14-24(20-22)44-4/h8,10,12-14,20,23,25-26,33H,5-7,9,11,15-19,21H2,1-4H3,(H,34,41)(H,35,38)(H,36,40)/b13-8-/t23-,25-,26-,32+/m0/s1. The lowest BCUT2D eigenvalue weighted by Crippen LogP contribution is -2.59. The first-order valence-corrected chi connectivity index (χ1v) is 17.4. The summed E-state index contributed by atoms with van der Waals surface area (Å²) in [4.78, 5) is 55.0. The van der Waals surface area contributed by atoms with Gasteiger partial charge in [0.25, 0.3) is 5.91 Å². The lowest BCUT2D eigenvalue weighted by Gasteiger charge is -2.30. The molecule has 254 valence electrons. The summed E-state index contributed by atoms with van der Waals surface area (Å²) in [5.41, 5.74) is -1.36. The smallest absolute Gasteiger partial charge is 0.408 e. The molecule has 2 fully saturated rings. The summed E-state index contributed by atoms with van der Waals surface area (Å²) < 4.78 is 40.9. The quantitative estimate of drug-likeness (QED) is 0.308. The Morgan fingerprint density at radius 3 is 2.63 bits per heavy atom. The summed E-state index contributed by atoms with van der Waals surface area (Å²) in [6, 6.07) is 5.49. The second-order valence-electron chi connectivity index (χ2n) is 13.2. The van der Waals surface area contributed by atoms with Crippen molar-refractivity contribution in [2.75, 3.05) is 20.2 Å². The molecular formula is C32H47N5O8S. The number of carbonyl (C=O) groups is 4. The Balaban J connectivity index is 1.46. The average molecular weight is 662 g/mol. The van der Waals surface area contributed by atoms with Crippen LogP contribution in [0.4, 0.5) is 4.79 Å². The fourth-order valence-electron chi connectivity index (χ4n) is 5.95. The van der Waals surface area contributed by atoms with Crippen molar-refractivity contribution in [2.24, 2.45) is 5.92 Å². The van der Waals surface area contributed by atoms with Gasteiger partial charge in [0.15, 0.2) is 0 Å². The van der Waals surface area contributed by atoms with Gasteiger partial charge in [-0.3, -0.25) is 14.4 Å². The number of nitrogens with one attached hydrogen (secondary N) is 4. The second-order valence-corrected chi connectivity index (χ2v) is 14.7. The van der Waals surface area contributed by atoms with E-state index < -0.39 is 57.3 Å². The molecule has 0 radical (unpaired) electrons. The molecule has 13 nitrogen and oxygen atoms in total. The molecule has 4 amide bonds. The maximum absolute atomic E-state index is 13.7. The van der Waals surface area contributed by atoms with Gasteiger partial charge in [0.2, 0.25) is 11.8 Å². The SMILES string of the molecule is COc1cccc(CCNS(=O)(=O)NC(=O)[C@@]23C[C@@H]2/C=C\CCCCC[C@H](NC(=O)OC(C)(C)C)C(=O)N2CCC[C@H]2C(=O)N3)c1. The van der Waals surface area contributed by atoms with Crippen molar-refractivity contribution >= 4 is 34.0 Å². The lowest BCUT2D eigenvalue weighted by atomic mass is 10.0. The zero-order chi connectivity index (χ0) is 33.5. The highest BCUT2D eigenvalue weighted by Gasteiger charge is 2.61. The molecular weight excluding hydrogens is 614 g/mol. The van der Waals surface area contributed by atoms with Crippen LogP contribution in [-0.4, -0.2) is 80.6 Å². The normalized spacial score (nSPS) is 26.3. The summed E-state index contributed by atoms with van der Waals surface area (Å²) in [6.07, 6.45) is 8.03. The van der Waals surface area contributed by atoms with Crippen molar-refractivity contribution < 1.29 is 37.1 Å². The lowest BCUT2D eigenvalue weighted by molar-refractivity contribution is -0.141. The van der Waals surface area contributed by atoms with Crippen LogP contribution in [0.3, 0.4) is 0 Å². The first kappa shape index (κ1) is 35.2. The van der Waals surface area contributed by atoms with E-state index in [1.807, 2.05) is 18.2 Å². The molecule has 0 spiro atoms. The minimum Gasteiger partial charge on any atom is -0.497 e. The van der Waals surface area contributed by atoms with Crippen molar-refractivity contribution in [2.45, 2.75) is 102 Å². The van der Waals surface area contributed by atoms with Gasteiger partial charge < -0.3 is 25.0 Å². The first-order valence-electron chi connectivity index (χ1n) is 16.0. The fraction of sp³-hybridized carbons (Fsp3) is 0.625. The number of allylic oxidation sites excluding steroid dienone is 1. The highest BCUT2D eigenvalue weighted by Crippen LogP contribution is 2.45. The zero-order valence-corrected chi connectivity index (χ0v) is 27.9. The van der Waals surface area contributed by atoms with Crippen molar-refractivity contribution in [1.29, 1.82) is 0 Å². The monoisotopic (exact) mass is 661 g/mol. The molecule has 1 saturated carbocycles. The van der Waals surface area contributed by atoms with E-state index in [1.54, 1.807) is 46.1 Å². The third-order valence-electron chi connectivity index (χ3n) is 8.39. The predicted octanol–water partition coefficient (Wildman–Crippen LogP) is 2.47. The minimum atomic E-state index is -4.24. The van der Waals surface area contributed by atoms with Gasteiger partial charge in [-0.1, -0.05) is 37.1 Å². The number of hydrogen-bond acceptors (Lipinski definition) is 8. The molecule has 0 bridgehead atoms. The van der Waals surface area contributed by atoms with Gasteiger partial charge in [0.1, 0.15) is 29.0 Å². The Morgan fingerprint density at radius 2 is 1.89 bits per heavy atom. The number of methoxy groups -OCH3 is 1. The topological polar surface area (TPSA) is 172 Å². The number of alkyl carbamates (subject to hydrolysis) is 1. The van der Waals surface area contributed by atoms with E-state index in [2.05, 4.69) is 20.1 Å². The number of hydrogen-bond donors (Lipinski definition) is 4. The van der Waals surface area contributed by atoms with Gasteiger partial charge in [0.05, 0.1) is 7.11 Å². The van der Waals surface area contributed by atoms with E-state index in [0.29, 0.717) is 50.8 Å². The highest BCUT2D eigenvalue weighted by atomic mass is 32.2. The molecule has 1 aromatic carbocycles. The molecule has 2 heterocycles. The van der Waals surface area contributed by atoms with Gasteiger partial charge in [-0.2, -0.15) is 13.1 Å². The summed E-state index contributed by atoms with van der Waals surface area (Å²) in [5, 5.41) is 5.52. The first-order chi connectivity index (χ1) is 21.7. The Morgan fingerprint density at radius 1 is 1.11 bits per heavy atom. The van der Waals surface area contributed by atoms with Gasteiger partial charge >= 0.3 is 16.3 Å². The molecule has 14 heteroatoms. The minimum absolute atomic E-state index is 0.0378. The molecule has 0 unspecified atom stereocenters. The number of amides is 4. The molecule has 1 aromatic rings. The molecule has 3 aliphatic rings. The number of benzene rings is 1. The van der Waals surface area contributed by atoms with Crippen LogP contribution >= 0.6 is 0 Å². The van der Waals surface area contributed by atoms with Gasteiger partial charge in [-0.25, -0.2) is 9.52 Å². The molecule has 4 atom stereocenters. The fourth-order valence-corrected chi connectivity index (χ4v) is 6.82. The van der Waals surface area contributed by atoms with Crippen LogP contribution in [0.25, 0.3) is 0 Å². The third kappa shape index (κ3) is 9.44. The van der Waals surface area contributed by atoms with Crippen LogP contribution in [-0.2, 0) is 35.8 Å². The number of rotatable bonds is 8. The number of carbonyl (C=O) groups excluding carboxylic acids is 4. The Kier molecular flexibility index (Phi) is 11.4. The average Bonchev–Trinajstić information content (AvgIpc) is 3.44. The second kappa shape index (κ2) is 14.8. The summed E-state index contributed by atoms with van der Waals surface area (Å²) in [7, 11) is -2.69. The van der Waals surface area contributed by atoms with Crippen molar-refractivity contribution in [3.8, 4) is 5.75 Å². The summed E-state index contributed by atoms with van der Waals surface area (Å²) in [6.45, 7) is 5.56. The highest BCUT2D eigenvalue weighted by molar-refractivity contribution is 7.88. The van der Waals surface area contributed by atoms with Crippen molar-refractivity contribution in [3.05, 3.63) is 42.0 Å². The number of nitrogens with zero attached hydrogens (tertiary/aromatic N) is 1. The van der Waals surface area contributed by atoms with Gasteiger partial charge in [-0.15, -0.1) is 0 Å². The van der Waals surface area contributed by atoms with Crippen LogP contribution in [0, 0.1) is 5.92 Å². The largest absolute Gasteiger partial charge is 0.497 e. The number of fused-ring (bicyclic) bond motifs is 2. The van der Waals surface area contributed by atoms with Crippen LogP contribution in [0.2, 0.25) is 0 Å². The van der Waals surface area contributed by atoms with Crippen LogP contribution < -0.4 is 24.8 Å². The van der Waals surface area contributed by atoms with E-state index in [4.69, 9.17) is 9.47 Å². The Labute approximate surface area is 271 Å². The van der Waals surface area contributed by atoms with Gasteiger partial charge in [-0.05, 0) is 83.4 Å². The maximum Gasteiger partial charge on any atom is 0.408 e. The summed E-state index contributed by atoms with van der Waals surface area (Å²) >= 11 is 0. The molecule has 0 aromatic heterocycles. The Hall–Kier alpha value is -3.65. The zero-order valence-electron chi connectivity index (χ0n) is 27.1. The van der Waals surface area contributed by atoms with Crippen LogP contribution in [0.5, 0.6) is 5.75 Å². The van der Waals surface area contributed by atoms with Crippen LogP contribution in [0.1, 0.15) is 77.7 Å². The number of ether oxygens (including phenoxy) is 2. The molecule has 46 heavy (non-hydrogen) atoms. The van der Waals surface area contributed by atoms with E-state index in [0.717, 1.165) is 18.4 Å². The Bertz CT molecular complexity index is 1430. The van der Waals surface area contributed by atoms with Crippen LogP contribution in [0.15, 0.2) is 36.4 Å². The molecule has 1 saturated heterocycles. The third-order valence-corrected chi connectivity index (χ3v) is 9.43. The van der Waals surface area contributed by atoms with Crippen molar-refractivity contribution in [1.82, 2.24) is 25.0 Å². The van der Waals surface area contributed by atoms with E-state index in [9.17, 15) is 27.6 Å². The van der Waals surface area contributed by atoms with E-state index in [-0.39, 0.29) is 18.9 Å². The molecule has 1 aliphatic carbocycles. The van der Waals surface area contributed by atoms with E-state index >= 15 is 0 Å². The summed E-state index contributed by atoms with van der Waals surface area (Å²) in [5.74, 6) is -1.51. The molecule has 4 rings (SSSR count). The molecule has 4 N–H and O–H groups in total. The maximum atomic E-state index is 13.7.